The molecule has 1 atom stereocenters. The van der Waals surface area contributed by atoms with Crippen LogP contribution in [0.25, 0.3) is 0 Å². The van der Waals surface area contributed by atoms with Gasteiger partial charge in [-0.3, -0.25) is 9.59 Å². The topological polar surface area (TPSA) is 92.8 Å². The molecule has 1 heterocycles. The van der Waals surface area contributed by atoms with E-state index in [1.807, 2.05) is 49.3 Å². The van der Waals surface area contributed by atoms with Crippen molar-refractivity contribution in [3.8, 4) is 0 Å². The summed E-state index contributed by atoms with van der Waals surface area (Å²) in [6, 6.07) is 7.50. The molecule has 2 rings (SSSR count). The fraction of sp³-hybridized carbons (Fsp3) is 0.615. The first-order valence-electron chi connectivity index (χ1n) is 11.8. The summed E-state index contributed by atoms with van der Waals surface area (Å²) in [5, 5.41) is 2.79. The Hall–Kier alpha value is -1.46. The monoisotopic (exact) mass is 617 g/mol. The van der Waals surface area contributed by atoms with Crippen LogP contribution in [-0.4, -0.2) is 56.7 Å². The van der Waals surface area contributed by atoms with Crippen LogP contribution in [0.2, 0.25) is 0 Å². The number of nitrogens with zero attached hydrogens (tertiary/aromatic N) is 1. The van der Waals surface area contributed by atoms with Gasteiger partial charge in [-0.05, 0) is 24.0 Å². The minimum atomic E-state index is -0.395. The number of hydrogen-bond acceptors (Lipinski definition) is 6. The van der Waals surface area contributed by atoms with Gasteiger partial charge in [0, 0.05) is 6.42 Å². The molecule has 35 heavy (non-hydrogen) atoms. The van der Waals surface area contributed by atoms with E-state index in [2.05, 4.69) is 19.2 Å². The first-order valence-corrected chi connectivity index (χ1v) is 16.3. The second-order valence-electron chi connectivity index (χ2n) is 10.0. The van der Waals surface area contributed by atoms with Crippen molar-refractivity contribution in [3.05, 3.63) is 29.8 Å². The molecule has 1 unspecified atom stereocenters. The smallest absolute Gasteiger partial charge is 0.247 e. The number of carbonyl (C=O) groups is 4. The predicted molar refractivity (Wildman–Crippen MR) is 136 cm³/mol. The van der Waals surface area contributed by atoms with Crippen molar-refractivity contribution >= 4 is 39.0 Å². The van der Waals surface area contributed by atoms with Gasteiger partial charge in [0.25, 0.3) is 0 Å². The number of rotatable bonds is 14. The molecule has 9 heteroatoms. The second kappa shape index (κ2) is 13.2. The average molecular weight is 618 g/mol. The molecular weight excluding hydrogens is 579 g/mol. The fourth-order valence-electron chi connectivity index (χ4n) is 3.87. The van der Waals surface area contributed by atoms with Crippen LogP contribution >= 0.6 is 11.8 Å². The van der Waals surface area contributed by atoms with Crippen molar-refractivity contribution in [2.45, 2.75) is 76.0 Å². The summed E-state index contributed by atoms with van der Waals surface area (Å²) < 4.78 is 5.87. The molecular formula is C26H38IN2O5S-. The van der Waals surface area contributed by atoms with Gasteiger partial charge in [0.15, 0.2) is 0 Å². The van der Waals surface area contributed by atoms with Gasteiger partial charge in [0.2, 0.25) is 11.8 Å². The third kappa shape index (κ3) is 8.86. The van der Waals surface area contributed by atoms with E-state index >= 15 is 0 Å². The first kappa shape index (κ1) is 29.8. The van der Waals surface area contributed by atoms with Gasteiger partial charge in [0.05, 0.1) is 10.9 Å². The van der Waals surface area contributed by atoms with E-state index in [-0.39, 0.29) is 56.0 Å². The number of alkyl halides is 1. The summed E-state index contributed by atoms with van der Waals surface area (Å²) in [6.07, 6.45) is 4.27. The average Bonchev–Trinajstić information content (AvgIpc) is 3.10. The van der Waals surface area contributed by atoms with E-state index in [1.165, 1.54) is 16.7 Å². The van der Waals surface area contributed by atoms with E-state index in [1.54, 1.807) is 0 Å². The maximum atomic E-state index is 12.6. The zero-order chi connectivity index (χ0) is 26.2. The number of imide groups is 1. The molecule has 1 aromatic carbocycles. The maximum Gasteiger partial charge on any atom is 0.247 e. The number of hydrogen-bond donors (Lipinski definition) is 1. The summed E-state index contributed by atoms with van der Waals surface area (Å²) in [5.74, 6) is -0.334. The zero-order valence-electron chi connectivity index (χ0n) is 21.6. The fourth-order valence-corrected chi connectivity index (χ4v) is 5.25. The summed E-state index contributed by atoms with van der Waals surface area (Å²) in [7, 11) is 0. The molecule has 1 aliphatic heterocycles. The summed E-state index contributed by atoms with van der Waals surface area (Å²) in [5.41, 5.74) is 0.997. The molecule has 1 aliphatic rings. The Balaban J connectivity index is 1.85. The van der Waals surface area contributed by atoms with Crippen LogP contribution < -0.4 is 31.4 Å². The SMILES string of the molecule is CSC1CC(=O)N(c2ccc(C(C)(C)CCC(=O)NC(C)(C)CCOCCC(=O)[I-]C)cc2)C1=O. The van der Waals surface area contributed by atoms with Crippen molar-refractivity contribution in [2.24, 2.45) is 0 Å². The van der Waals surface area contributed by atoms with Crippen molar-refractivity contribution in [3.63, 3.8) is 0 Å². The summed E-state index contributed by atoms with van der Waals surface area (Å²) in [4.78, 5) is 52.0. The minimum absolute atomic E-state index is 0.0121. The first-order chi connectivity index (χ1) is 16.4. The van der Waals surface area contributed by atoms with Crippen LogP contribution in [0, 0.1) is 0 Å². The molecule has 196 valence electrons. The van der Waals surface area contributed by atoms with Crippen LogP contribution in [0.15, 0.2) is 24.3 Å². The van der Waals surface area contributed by atoms with Crippen molar-refractivity contribution in [1.29, 1.82) is 0 Å². The Morgan fingerprint density at radius 1 is 1.09 bits per heavy atom. The van der Waals surface area contributed by atoms with Gasteiger partial charge in [-0.2, -0.15) is 11.8 Å². The molecule has 0 bridgehead atoms. The van der Waals surface area contributed by atoms with Crippen molar-refractivity contribution < 1.29 is 45.1 Å². The Kier molecular flexibility index (Phi) is 11.2. The Bertz CT molecular complexity index is 917. The number of thioether (sulfide) groups is 1. The molecule has 1 N–H and O–H groups in total. The number of halogens is 1. The van der Waals surface area contributed by atoms with E-state index in [0.717, 1.165) is 5.56 Å². The molecule has 0 spiro atoms. The number of nitrogens with one attached hydrogen (secondary N) is 1. The Morgan fingerprint density at radius 2 is 1.74 bits per heavy atom. The molecule has 1 fully saturated rings. The Labute approximate surface area is 223 Å². The van der Waals surface area contributed by atoms with Crippen molar-refractivity contribution in [2.75, 3.05) is 29.3 Å². The number of anilines is 1. The summed E-state index contributed by atoms with van der Waals surface area (Å²) in [6.45, 7) is 9.07. The number of ether oxygens (including phenoxy) is 1. The van der Waals surface area contributed by atoms with Gasteiger partial charge in [-0.15, -0.1) is 0 Å². The van der Waals surface area contributed by atoms with Crippen LogP contribution in [0.5, 0.6) is 0 Å². The summed E-state index contributed by atoms with van der Waals surface area (Å²) >= 11 is 1.04. The molecule has 0 aromatic heterocycles. The van der Waals surface area contributed by atoms with Gasteiger partial charge in [-0.1, -0.05) is 26.0 Å². The van der Waals surface area contributed by atoms with Crippen LogP contribution in [-0.2, 0) is 29.3 Å². The quantitative estimate of drug-likeness (QED) is 0.109. The molecule has 0 radical (unpaired) electrons. The maximum absolute atomic E-state index is 12.6. The second-order valence-corrected chi connectivity index (χ2v) is 13.3. The largest absolute Gasteiger partial charge is 0.273 e. The third-order valence-electron chi connectivity index (χ3n) is 6.28. The normalized spacial score (nSPS) is 16.7. The molecule has 1 aromatic rings. The Morgan fingerprint density at radius 3 is 2.31 bits per heavy atom. The van der Waals surface area contributed by atoms with E-state index in [9.17, 15) is 19.2 Å². The van der Waals surface area contributed by atoms with E-state index in [4.69, 9.17) is 4.74 Å². The van der Waals surface area contributed by atoms with E-state index < -0.39 is 5.54 Å². The van der Waals surface area contributed by atoms with Crippen LogP contribution in [0.1, 0.15) is 65.4 Å². The van der Waals surface area contributed by atoms with Gasteiger partial charge >= 0.3 is 119 Å². The number of carbonyl (C=O) groups excluding carboxylic acids is 4. The molecule has 3 amide bonds. The van der Waals surface area contributed by atoms with Gasteiger partial charge in [0.1, 0.15) is 0 Å². The van der Waals surface area contributed by atoms with Crippen LogP contribution in [0.3, 0.4) is 0 Å². The van der Waals surface area contributed by atoms with Crippen molar-refractivity contribution in [1.82, 2.24) is 5.32 Å². The van der Waals surface area contributed by atoms with E-state index in [0.29, 0.717) is 48.4 Å². The van der Waals surface area contributed by atoms with Gasteiger partial charge < -0.3 is 0 Å². The number of benzene rings is 1. The number of amides is 3. The molecule has 0 aliphatic carbocycles. The predicted octanol–water partition coefficient (Wildman–Crippen LogP) is 0.676. The molecule has 0 saturated carbocycles. The standard InChI is InChI=1S/C26H38IN2O5S/c1-25(2,13-11-22(31)28-26(3,4)14-16-34-15-12-21(30)27-5)18-7-9-19(10-8-18)29-23(32)17-20(35-6)24(29)33/h7-10,20H,11-17H2,1-6H3,(H,28,31)/q-1. The third-order valence-corrected chi connectivity index (χ3v) is 8.96. The molecule has 7 nitrogen and oxygen atoms in total. The zero-order valence-corrected chi connectivity index (χ0v) is 24.6. The minimum Gasteiger partial charge on any atom is -0.273 e. The molecule has 1 saturated heterocycles. The van der Waals surface area contributed by atoms with Crippen LogP contribution in [0.4, 0.5) is 5.69 Å². The van der Waals surface area contributed by atoms with Gasteiger partial charge in [-0.25, -0.2) is 4.90 Å².